The number of nitrogens with two attached hydrogens (primary N) is 6. The Morgan fingerprint density at radius 1 is 0.449 bits per heavy atom. The third kappa shape index (κ3) is 17.4. The molecule has 16 heterocycles. The number of fused-ring (bicyclic) bond motifs is 4. The van der Waals surface area contributed by atoms with Crippen LogP contribution in [0.2, 0.25) is 0 Å². The molecule has 16 aromatic rings. The van der Waals surface area contributed by atoms with Crippen LogP contribution in [-0.2, 0) is 90.3 Å². The van der Waals surface area contributed by atoms with Gasteiger partial charge in [0.05, 0.1) is 187 Å². The number of aromatic amines is 1. The Hall–Kier alpha value is -10.5. The zero-order valence-corrected chi connectivity index (χ0v) is 73.6. The number of carbonyl (C=O) groups excluding carboxylic acids is 2. The van der Waals surface area contributed by atoms with Crippen LogP contribution in [0.5, 0.6) is 0 Å². The Kier molecular flexibility index (Phi) is 26.7. The lowest BCUT2D eigenvalue weighted by atomic mass is 10.1. The first kappa shape index (κ1) is 85.4. The molecule has 13 N–H and O–H groups in total. The van der Waals surface area contributed by atoms with Gasteiger partial charge in [0.15, 0.2) is 5.76 Å². The maximum absolute atomic E-state index is 12.8. The molecule has 0 saturated carbocycles. The lowest BCUT2D eigenvalue weighted by molar-refractivity contribution is 0.0991. The zero-order chi connectivity index (χ0) is 84.2. The number of nitrogen functional groups attached to an aromatic ring is 4. The van der Waals surface area contributed by atoms with E-state index in [2.05, 4.69) is 45.3 Å². The summed E-state index contributed by atoms with van der Waals surface area (Å²) in [6, 6.07) is 11.2. The third-order valence-corrected chi connectivity index (χ3v) is 32.2. The van der Waals surface area contributed by atoms with Crippen molar-refractivity contribution in [2.24, 2.45) is 39.7 Å². The van der Waals surface area contributed by atoms with Crippen LogP contribution in [0.3, 0.4) is 0 Å². The summed E-state index contributed by atoms with van der Waals surface area (Å²) in [5.74, 6) is 4.31. The number of primary amides is 2. The smallest absolute Gasteiger partial charge is 0.268 e. The van der Waals surface area contributed by atoms with Gasteiger partial charge in [0.25, 0.3) is 11.8 Å². The van der Waals surface area contributed by atoms with Gasteiger partial charge in [0, 0.05) is 118 Å². The molecule has 34 nitrogen and oxygen atoms in total. The number of aryl methyl sites for hydroxylation is 4. The molecule has 44 heteroatoms. The van der Waals surface area contributed by atoms with E-state index in [0.29, 0.717) is 141 Å². The highest BCUT2D eigenvalue weighted by Gasteiger charge is 2.29. The normalized spacial score (nSPS) is 12.6. The predicted molar refractivity (Wildman–Crippen MR) is 469 cm³/mol. The molecule has 4 atom stereocenters. The Morgan fingerprint density at radius 3 is 1.11 bits per heavy atom. The molecule has 0 radical (unpaired) electrons. The summed E-state index contributed by atoms with van der Waals surface area (Å²) in [5.41, 5.74) is 48.9. The number of carbonyl (C=O) groups is 2. The lowest BCUT2D eigenvalue weighted by Crippen LogP contribution is -2.11. The van der Waals surface area contributed by atoms with Gasteiger partial charge in [0.2, 0.25) is 0 Å². The summed E-state index contributed by atoms with van der Waals surface area (Å²) in [6.07, 6.45) is 11.8. The largest absolute Gasteiger partial charge is 0.396 e. The average molecular weight is 1790 g/mol. The summed E-state index contributed by atoms with van der Waals surface area (Å²) in [6.45, 7) is 9.21. The van der Waals surface area contributed by atoms with Gasteiger partial charge in [-0.15, -0.1) is 68.0 Å². The molecular formula is C74H79N23O11S10. The molecule has 0 fully saturated rings. The Morgan fingerprint density at radius 2 is 0.805 bits per heavy atom. The topological polar surface area (TPSA) is 499 Å². The second-order valence-corrected chi connectivity index (χ2v) is 38.9. The van der Waals surface area contributed by atoms with Gasteiger partial charge in [-0.25, -0.2) is 49.8 Å². The number of hydrogen-bond acceptors (Lipinski definition) is 33. The molecule has 0 aromatic carbocycles. The van der Waals surface area contributed by atoms with Crippen LogP contribution in [0, 0.1) is 27.7 Å². The maximum Gasteiger partial charge on any atom is 0.268 e. The average Bonchev–Trinajstić information content (AvgIpc) is 1.61. The number of nitrogens with zero attached hydrogens (tertiary/aromatic N) is 16. The van der Waals surface area contributed by atoms with E-state index in [4.69, 9.17) is 77.8 Å². The summed E-state index contributed by atoms with van der Waals surface area (Å²) in [4.78, 5) is 71.2. The van der Waals surface area contributed by atoms with E-state index in [9.17, 15) is 26.4 Å². The molecule has 16 aromatic heterocycles. The monoisotopic (exact) mass is 1790 g/mol. The first-order valence-electron chi connectivity index (χ1n) is 35.4. The van der Waals surface area contributed by atoms with Crippen LogP contribution in [0.15, 0.2) is 107 Å². The van der Waals surface area contributed by atoms with Crippen molar-refractivity contribution in [2.45, 2.75) is 44.5 Å². The SMILES string of the molecule is COCCS(=O)c1sc2nc(-c3ccn[nH]3)cc(-c3cnc(C)n3C)c2c1N.COCCS(=O)c1sc2nc(-c3ccno3)cc(-c3cnc(C)n3C)c2c1N.COCCS(=O)c1sc2nc(-c3nc(C(N)=O)cs3)cc(-c3cnc(C)n3C)c2c1N.COCCS(=O)c1sc2nc(-c3ncc(C(N)=O)s3)cc(-c3cnc(C)n3C)c2c1N. The van der Waals surface area contributed by atoms with Gasteiger partial charge in [-0.05, 0) is 58.0 Å². The number of aromatic nitrogens is 17. The molecule has 118 heavy (non-hydrogen) atoms. The Labute approximate surface area is 707 Å². The van der Waals surface area contributed by atoms with Gasteiger partial charge in [-0.2, -0.15) is 5.10 Å². The fraction of sp³-hybridized carbons (Fsp3) is 0.270. The molecule has 0 aliphatic carbocycles. The minimum absolute atomic E-state index is 0.187. The number of pyridine rings is 4. The van der Waals surface area contributed by atoms with Crippen LogP contribution < -0.4 is 34.4 Å². The first-order valence-corrected chi connectivity index (χ1v) is 45.7. The highest BCUT2D eigenvalue weighted by molar-refractivity contribution is 7.88. The number of rotatable bonds is 26. The number of thiophene rings is 4. The number of anilines is 4. The molecule has 4 unspecified atom stereocenters. The van der Waals surface area contributed by atoms with Crippen molar-refractivity contribution in [3.05, 3.63) is 119 Å². The highest BCUT2D eigenvalue weighted by atomic mass is 32.2. The van der Waals surface area contributed by atoms with E-state index in [0.717, 1.165) is 106 Å². The third-order valence-electron chi connectivity index (χ3n) is 18.8. The molecule has 0 aliphatic heterocycles. The molecular weight excluding hydrogens is 1710 g/mol. The fourth-order valence-electron chi connectivity index (χ4n) is 12.1. The molecule has 16 rings (SSSR count). The van der Waals surface area contributed by atoms with Gasteiger partial charge in [-0.3, -0.25) is 31.5 Å². The number of H-pyrrole nitrogens is 1. The minimum atomic E-state index is -1.31. The van der Waals surface area contributed by atoms with Gasteiger partial charge >= 0.3 is 0 Å². The molecule has 0 spiro atoms. The number of amides is 2. The van der Waals surface area contributed by atoms with Crippen LogP contribution in [0.1, 0.15) is 43.5 Å². The zero-order valence-electron chi connectivity index (χ0n) is 65.4. The lowest BCUT2D eigenvalue weighted by Gasteiger charge is -2.09. The fourth-order valence-corrected chi connectivity index (χ4v) is 23.9. The van der Waals surface area contributed by atoms with Crippen LogP contribution >= 0.6 is 68.0 Å². The minimum Gasteiger partial charge on any atom is -0.396 e. The van der Waals surface area contributed by atoms with Crippen molar-refractivity contribution in [3.8, 4) is 89.3 Å². The van der Waals surface area contributed by atoms with Crippen LogP contribution in [0.25, 0.3) is 130 Å². The number of hydrogen-bond donors (Lipinski definition) is 7. The van der Waals surface area contributed by atoms with Crippen molar-refractivity contribution >= 4 is 187 Å². The van der Waals surface area contributed by atoms with E-state index in [1.54, 1.807) is 70.9 Å². The molecule has 0 saturated heterocycles. The van der Waals surface area contributed by atoms with E-state index >= 15 is 0 Å². The second-order valence-electron chi connectivity index (χ2n) is 26.0. The number of imidazole rings is 4. The summed E-state index contributed by atoms with van der Waals surface area (Å²) >= 11 is 7.72. The number of thiazole rings is 2. The van der Waals surface area contributed by atoms with Crippen LogP contribution in [0.4, 0.5) is 22.7 Å². The predicted octanol–water partition coefficient (Wildman–Crippen LogP) is 10.9. The van der Waals surface area contributed by atoms with Gasteiger partial charge < -0.3 is 76.1 Å². The first-order chi connectivity index (χ1) is 56.6. The van der Waals surface area contributed by atoms with Crippen molar-refractivity contribution in [1.29, 1.82) is 0 Å². The van der Waals surface area contributed by atoms with Crippen LogP contribution in [-0.4, -0.2) is 190 Å². The number of nitrogens with one attached hydrogen (secondary N) is 1. The number of methoxy groups -OCH3 is 4. The van der Waals surface area contributed by atoms with Gasteiger partial charge in [-0.1, -0.05) is 5.16 Å². The second kappa shape index (κ2) is 36.8. The van der Waals surface area contributed by atoms with E-state index in [1.807, 2.05) is 111 Å². The molecule has 0 bridgehead atoms. The summed E-state index contributed by atoms with van der Waals surface area (Å²) < 4.78 is 86.8. The van der Waals surface area contributed by atoms with Crippen molar-refractivity contribution in [1.82, 2.24) is 83.5 Å². The summed E-state index contributed by atoms with van der Waals surface area (Å²) in [7, 11) is 8.89. The summed E-state index contributed by atoms with van der Waals surface area (Å²) in [5, 5.41) is 16.5. The Balaban J connectivity index is 0.000000137. The van der Waals surface area contributed by atoms with E-state index in [1.165, 1.54) is 74.2 Å². The van der Waals surface area contributed by atoms with Crippen molar-refractivity contribution in [2.75, 3.05) is 101 Å². The van der Waals surface area contributed by atoms with Crippen molar-refractivity contribution in [3.63, 3.8) is 0 Å². The van der Waals surface area contributed by atoms with E-state index < -0.39 is 55.0 Å². The standard InChI is InChI=1S/2C19H20N6O3S3.C18H20N6O2S2.C18H19N5O3S2/c1-9-22-7-13(25(9)2)10-6-11(17-24-12(8-29-17)16(21)26)23-18-14(10)15(20)19(30-18)31(27)5-4-28-3;1-9-22-7-12(25(9)2)10-6-11(17-23-8-13(29-17)16(21)26)24-18-14(10)15(20)19(30-18)31(27)5-4-28-3;1-10-20-9-14(24(10)2)11-8-13(12-4-5-21-23-12)22-17-15(11)16(19)18(27-17)28(25)7-6-26-3;1-10-20-9-13(23(10)2)11-8-12(14-4-5-21-26-14)22-17-15(11)16(19)18(27-17)28(24)7-6-25-3/h2*6-8H,4-5,20H2,1-3H3,(H2,21,26);4-5,8-9H,6-7,19H2,1-3H3,(H,21,23);4-5,8-9H,6-7,19H2,1-3H3. The Bertz CT molecular complexity index is 6130. The highest BCUT2D eigenvalue weighted by Crippen LogP contribution is 2.48. The number of ether oxygens (including phenoxy) is 4. The van der Waals surface area contributed by atoms with Gasteiger partial charge in [0.1, 0.15) is 97.1 Å². The maximum atomic E-state index is 12.8. The quantitative estimate of drug-likeness (QED) is 0.0265. The molecule has 0 aliphatic rings. The van der Waals surface area contributed by atoms with Crippen molar-refractivity contribution < 1.29 is 49.9 Å². The molecule has 2 amide bonds. The van der Waals surface area contributed by atoms with E-state index in [-0.39, 0.29) is 5.69 Å². The molecule has 616 valence electrons.